The molecule has 4 rings (SSSR count). The van der Waals surface area contributed by atoms with Gasteiger partial charge in [0.1, 0.15) is 5.75 Å². The van der Waals surface area contributed by atoms with Crippen LogP contribution in [0, 0.1) is 0 Å². The van der Waals surface area contributed by atoms with E-state index in [0.717, 1.165) is 41.9 Å². The molecule has 1 unspecified atom stereocenters. The highest BCUT2D eigenvalue weighted by Gasteiger charge is 2.31. The van der Waals surface area contributed by atoms with E-state index in [9.17, 15) is 0 Å². The van der Waals surface area contributed by atoms with E-state index in [1.165, 1.54) is 11.1 Å². The summed E-state index contributed by atoms with van der Waals surface area (Å²) in [7, 11) is 0. The van der Waals surface area contributed by atoms with Gasteiger partial charge in [-0.25, -0.2) is 0 Å². The molecule has 2 aromatic carbocycles. The number of rotatable bonds is 1. The third-order valence-electron chi connectivity index (χ3n) is 4.24. The SMILES string of the molecule is Brc1ccc(C2=NN3CCCOc4ccccc4C3C2)cc1. The number of hydrazone groups is 1. The Kier molecular flexibility index (Phi) is 3.62. The lowest BCUT2D eigenvalue weighted by atomic mass is 9.97. The van der Waals surface area contributed by atoms with Crippen molar-refractivity contribution in [2.75, 3.05) is 13.2 Å². The number of para-hydroxylation sites is 1. The molecule has 0 N–H and O–H groups in total. The minimum absolute atomic E-state index is 0.287. The van der Waals surface area contributed by atoms with Crippen LogP contribution in [0.4, 0.5) is 0 Å². The van der Waals surface area contributed by atoms with Crippen molar-refractivity contribution in [2.24, 2.45) is 5.10 Å². The maximum atomic E-state index is 5.91. The number of benzene rings is 2. The zero-order valence-electron chi connectivity index (χ0n) is 12.2. The summed E-state index contributed by atoms with van der Waals surface area (Å²) in [4.78, 5) is 0. The highest BCUT2D eigenvalue weighted by Crippen LogP contribution is 2.38. The summed E-state index contributed by atoms with van der Waals surface area (Å²) in [5, 5.41) is 7.12. The summed E-state index contributed by atoms with van der Waals surface area (Å²) in [6.45, 7) is 1.70. The van der Waals surface area contributed by atoms with Crippen LogP contribution in [0.2, 0.25) is 0 Å². The lowest BCUT2D eigenvalue weighted by Gasteiger charge is -2.28. The van der Waals surface area contributed by atoms with Gasteiger partial charge in [-0.1, -0.05) is 46.3 Å². The third kappa shape index (κ3) is 2.52. The van der Waals surface area contributed by atoms with Gasteiger partial charge in [0, 0.05) is 29.4 Å². The number of fused-ring (bicyclic) bond motifs is 3. The quantitative estimate of drug-likeness (QED) is 0.757. The van der Waals surface area contributed by atoms with Gasteiger partial charge in [0.05, 0.1) is 18.4 Å². The molecular formula is C18H17BrN2O. The Labute approximate surface area is 138 Å². The Balaban J connectivity index is 1.69. The summed E-state index contributed by atoms with van der Waals surface area (Å²) < 4.78 is 7.01. The predicted octanol–water partition coefficient (Wildman–Crippen LogP) is 4.38. The molecule has 0 saturated heterocycles. The van der Waals surface area contributed by atoms with E-state index in [1.807, 2.05) is 6.07 Å². The molecule has 1 atom stereocenters. The first-order valence-electron chi connectivity index (χ1n) is 7.63. The van der Waals surface area contributed by atoms with Crippen LogP contribution in [0.3, 0.4) is 0 Å². The van der Waals surface area contributed by atoms with Crippen LogP contribution in [0.1, 0.15) is 30.0 Å². The van der Waals surface area contributed by atoms with Crippen molar-refractivity contribution in [1.82, 2.24) is 5.01 Å². The Hall–Kier alpha value is -1.81. The number of ether oxygens (including phenoxy) is 1. The smallest absolute Gasteiger partial charge is 0.124 e. The summed E-state index contributed by atoms with van der Waals surface area (Å²) in [6, 6.07) is 17.0. The van der Waals surface area contributed by atoms with Crippen molar-refractivity contribution < 1.29 is 4.74 Å². The first-order chi connectivity index (χ1) is 10.8. The Morgan fingerprint density at radius 2 is 1.91 bits per heavy atom. The molecule has 0 amide bonds. The Morgan fingerprint density at radius 1 is 1.09 bits per heavy atom. The van der Waals surface area contributed by atoms with Gasteiger partial charge in [-0.2, -0.15) is 5.10 Å². The molecule has 0 spiro atoms. The van der Waals surface area contributed by atoms with Crippen molar-refractivity contribution in [3.05, 3.63) is 64.1 Å². The molecule has 0 radical (unpaired) electrons. The molecule has 0 aromatic heterocycles. The predicted molar refractivity (Wildman–Crippen MR) is 91.3 cm³/mol. The van der Waals surface area contributed by atoms with Crippen LogP contribution < -0.4 is 4.74 Å². The van der Waals surface area contributed by atoms with Crippen LogP contribution in [-0.4, -0.2) is 23.9 Å². The second kappa shape index (κ2) is 5.76. The number of nitrogens with zero attached hydrogens (tertiary/aromatic N) is 2. The molecule has 2 aliphatic rings. The molecule has 0 bridgehead atoms. The topological polar surface area (TPSA) is 24.8 Å². The summed E-state index contributed by atoms with van der Waals surface area (Å²) in [5.74, 6) is 1.00. The molecule has 112 valence electrons. The fraction of sp³-hybridized carbons (Fsp3) is 0.278. The number of halogens is 1. The molecule has 0 saturated carbocycles. The third-order valence-corrected chi connectivity index (χ3v) is 4.77. The molecule has 2 heterocycles. The molecular weight excluding hydrogens is 340 g/mol. The molecule has 2 aromatic rings. The van der Waals surface area contributed by atoms with Gasteiger partial charge < -0.3 is 4.74 Å². The van der Waals surface area contributed by atoms with E-state index in [0.29, 0.717) is 0 Å². The zero-order chi connectivity index (χ0) is 14.9. The van der Waals surface area contributed by atoms with E-state index >= 15 is 0 Å². The molecule has 0 fully saturated rings. The van der Waals surface area contributed by atoms with Crippen LogP contribution in [0.5, 0.6) is 5.75 Å². The van der Waals surface area contributed by atoms with Gasteiger partial charge in [-0.05, 0) is 23.8 Å². The first-order valence-corrected chi connectivity index (χ1v) is 8.42. The molecule has 2 aliphatic heterocycles. The van der Waals surface area contributed by atoms with Crippen LogP contribution in [0.25, 0.3) is 0 Å². The maximum absolute atomic E-state index is 5.91. The molecule has 22 heavy (non-hydrogen) atoms. The zero-order valence-corrected chi connectivity index (χ0v) is 13.8. The van der Waals surface area contributed by atoms with E-state index in [4.69, 9.17) is 9.84 Å². The lowest BCUT2D eigenvalue weighted by Crippen LogP contribution is -2.25. The maximum Gasteiger partial charge on any atom is 0.124 e. The van der Waals surface area contributed by atoms with Crippen molar-refractivity contribution in [3.63, 3.8) is 0 Å². The lowest BCUT2D eigenvalue weighted by molar-refractivity contribution is 0.182. The van der Waals surface area contributed by atoms with Gasteiger partial charge in [0.15, 0.2) is 0 Å². The van der Waals surface area contributed by atoms with E-state index < -0.39 is 0 Å². The second-order valence-corrected chi connectivity index (χ2v) is 6.59. The summed E-state index contributed by atoms with van der Waals surface area (Å²) in [6.07, 6.45) is 1.93. The number of hydrogen-bond acceptors (Lipinski definition) is 3. The monoisotopic (exact) mass is 356 g/mol. The van der Waals surface area contributed by atoms with Gasteiger partial charge in [-0.15, -0.1) is 0 Å². The minimum Gasteiger partial charge on any atom is -0.493 e. The van der Waals surface area contributed by atoms with Gasteiger partial charge in [0.2, 0.25) is 0 Å². The fourth-order valence-corrected chi connectivity index (χ4v) is 3.41. The van der Waals surface area contributed by atoms with Crippen LogP contribution >= 0.6 is 15.9 Å². The second-order valence-electron chi connectivity index (χ2n) is 5.68. The van der Waals surface area contributed by atoms with Crippen molar-refractivity contribution >= 4 is 21.6 Å². The van der Waals surface area contributed by atoms with E-state index in [1.54, 1.807) is 0 Å². The molecule has 3 nitrogen and oxygen atoms in total. The van der Waals surface area contributed by atoms with Gasteiger partial charge in [-0.3, -0.25) is 5.01 Å². The molecule has 0 aliphatic carbocycles. The minimum atomic E-state index is 0.287. The van der Waals surface area contributed by atoms with Gasteiger partial charge in [0.25, 0.3) is 0 Å². The van der Waals surface area contributed by atoms with Crippen LogP contribution in [-0.2, 0) is 0 Å². The first kappa shape index (κ1) is 13.8. The average Bonchev–Trinajstić information content (AvgIpc) is 2.94. The summed E-state index contributed by atoms with van der Waals surface area (Å²) in [5.41, 5.74) is 3.61. The standard InChI is InChI=1S/C18H17BrN2O/c19-14-8-6-13(7-9-14)16-12-17-15-4-1-2-5-18(15)22-11-3-10-21(17)20-16/h1-2,4-9,17H,3,10-12H2. The molecule has 4 heteroatoms. The Bertz CT molecular complexity index is 711. The average molecular weight is 357 g/mol. The van der Waals surface area contributed by atoms with Gasteiger partial charge >= 0.3 is 0 Å². The van der Waals surface area contributed by atoms with Crippen molar-refractivity contribution in [3.8, 4) is 5.75 Å². The van der Waals surface area contributed by atoms with Crippen molar-refractivity contribution in [2.45, 2.75) is 18.9 Å². The van der Waals surface area contributed by atoms with E-state index in [2.05, 4.69) is 63.4 Å². The highest BCUT2D eigenvalue weighted by molar-refractivity contribution is 9.10. The largest absolute Gasteiger partial charge is 0.493 e. The Morgan fingerprint density at radius 3 is 2.77 bits per heavy atom. The van der Waals surface area contributed by atoms with Crippen LogP contribution in [0.15, 0.2) is 58.1 Å². The fourth-order valence-electron chi connectivity index (χ4n) is 3.14. The van der Waals surface area contributed by atoms with E-state index in [-0.39, 0.29) is 6.04 Å². The van der Waals surface area contributed by atoms with Crippen molar-refractivity contribution in [1.29, 1.82) is 0 Å². The highest BCUT2D eigenvalue weighted by atomic mass is 79.9. The normalized spacial score (nSPS) is 20.3. The summed E-state index contributed by atoms with van der Waals surface area (Å²) >= 11 is 3.49. The number of hydrogen-bond donors (Lipinski definition) is 0.